The summed E-state index contributed by atoms with van der Waals surface area (Å²) in [6.45, 7) is 3.48. The molecule has 0 spiro atoms. The maximum Gasteiger partial charge on any atom is 0.161 e. The first-order valence-corrected chi connectivity index (χ1v) is 9.38. The SMILES string of the molecule is CCc1cc(NCc2nccn2Cc2ccccc2)nc(-c2ccncc2)n1. The Morgan fingerprint density at radius 2 is 1.79 bits per heavy atom. The molecule has 1 N–H and O–H groups in total. The molecule has 1 aromatic carbocycles. The highest BCUT2D eigenvalue weighted by molar-refractivity contribution is 5.56. The van der Waals surface area contributed by atoms with Crippen LogP contribution in [0.1, 0.15) is 24.0 Å². The zero-order valence-corrected chi connectivity index (χ0v) is 15.8. The van der Waals surface area contributed by atoms with E-state index in [1.165, 1.54) is 5.56 Å². The van der Waals surface area contributed by atoms with E-state index in [1.807, 2.05) is 36.7 Å². The average molecular weight is 370 g/mol. The van der Waals surface area contributed by atoms with Crippen molar-refractivity contribution in [2.45, 2.75) is 26.4 Å². The third kappa shape index (κ3) is 4.23. The van der Waals surface area contributed by atoms with E-state index in [0.717, 1.165) is 35.9 Å². The minimum Gasteiger partial charge on any atom is -0.363 e. The summed E-state index contributed by atoms with van der Waals surface area (Å²) < 4.78 is 2.15. The lowest BCUT2D eigenvalue weighted by Gasteiger charge is -2.11. The lowest BCUT2D eigenvalue weighted by atomic mass is 10.2. The molecule has 6 heteroatoms. The number of rotatable bonds is 7. The second-order valence-corrected chi connectivity index (χ2v) is 6.47. The Morgan fingerprint density at radius 1 is 0.964 bits per heavy atom. The van der Waals surface area contributed by atoms with Gasteiger partial charge in [0.1, 0.15) is 11.6 Å². The van der Waals surface area contributed by atoms with Gasteiger partial charge in [0.05, 0.1) is 6.54 Å². The molecule has 0 saturated heterocycles. The highest BCUT2D eigenvalue weighted by atomic mass is 15.1. The molecule has 6 nitrogen and oxygen atoms in total. The second-order valence-electron chi connectivity index (χ2n) is 6.47. The van der Waals surface area contributed by atoms with E-state index in [1.54, 1.807) is 12.4 Å². The average Bonchev–Trinajstić information content (AvgIpc) is 3.20. The molecule has 0 amide bonds. The van der Waals surface area contributed by atoms with Crippen LogP contribution in [0.25, 0.3) is 11.4 Å². The Balaban J connectivity index is 1.52. The van der Waals surface area contributed by atoms with Gasteiger partial charge in [0.25, 0.3) is 0 Å². The molecular weight excluding hydrogens is 348 g/mol. The third-order valence-electron chi connectivity index (χ3n) is 4.51. The lowest BCUT2D eigenvalue weighted by molar-refractivity contribution is 0.734. The molecule has 0 unspecified atom stereocenters. The molecule has 0 aliphatic rings. The molecule has 0 atom stereocenters. The molecule has 0 radical (unpaired) electrons. The predicted octanol–water partition coefficient (Wildman–Crippen LogP) is 3.96. The maximum atomic E-state index is 4.68. The molecule has 3 heterocycles. The van der Waals surface area contributed by atoms with Gasteiger partial charge in [0.15, 0.2) is 5.82 Å². The Bertz CT molecular complexity index is 1030. The van der Waals surface area contributed by atoms with Crippen LogP contribution in [0.4, 0.5) is 5.82 Å². The first-order chi connectivity index (χ1) is 13.8. The first kappa shape index (κ1) is 17.9. The molecule has 0 bridgehead atoms. The van der Waals surface area contributed by atoms with Crippen molar-refractivity contribution in [1.82, 2.24) is 24.5 Å². The van der Waals surface area contributed by atoms with Gasteiger partial charge in [-0.3, -0.25) is 4.98 Å². The van der Waals surface area contributed by atoms with Gasteiger partial charge in [-0.2, -0.15) is 0 Å². The van der Waals surface area contributed by atoms with Crippen LogP contribution in [0.3, 0.4) is 0 Å². The summed E-state index contributed by atoms with van der Waals surface area (Å²) in [7, 11) is 0. The van der Waals surface area contributed by atoms with Crippen molar-refractivity contribution >= 4 is 5.82 Å². The number of pyridine rings is 1. The van der Waals surface area contributed by atoms with Crippen molar-refractivity contribution in [1.29, 1.82) is 0 Å². The first-order valence-electron chi connectivity index (χ1n) is 9.38. The fraction of sp³-hybridized carbons (Fsp3) is 0.182. The van der Waals surface area contributed by atoms with Crippen LogP contribution in [-0.4, -0.2) is 24.5 Å². The van der Waals surface area contributed by atoms with E-state index < -0.39 is 0 Å². The monoisotopic (exact) mass is 370 g/mol. The van der Waals surface area contributed by atoms with E-state index in [-0.39, 0.29) is 0 Å². The number of anilines is 1. The smallest absolute Gasteiger partial charge is 0.161 e. The van der Waals surface area contributed by atoms with Gasteiger partial charge in [-0.25, -0.2) is 15.0 Å². The lowest BCUT2D eigenvalue weighted by Crippen LogP contribution is -2.11. The minimum absolute atomic E-state index is 0.593. The molecule has 0 saturated carbocycles. The fourth-order valence-electron chi connectivity index (χ4n) is 3.00. The highest BCUT2D eigenvalue weighted by Crippen LogP contribution is 2.18. The number of nitrogens with zero attached hydrogens (tertiary/aromatic N) is 5. The number of hydrogen-bond acceptors (Lipinski definition) is 5. The van der Waals surface area contributed by atoms with Crippen molar-refractivity contribution in [3.05, 3.63) is 90.4 Å². The maximum absolute atomic E-state index is 4.68. The summed E-state index contributed by atoms with van der Waals surface area (Å²) in [4.78, 5) is 17.9. The number of hydrogen-bond donors (Lipinski definition) is 1. The zero-order valence-electron chi connectivity index (χ0n) is 15.8. The number of benzene rings is 1. The Labute approximate surface area is 164 Å². The van der Waals surface area contributed by atoms with E-state index in [0.29, 0.717) is 12.4 Å². The topological polar surface area (TPSA) is 68.5 Å². The summed E-state index contributed by atoms with van der Waals surface area (Å²) in [5.74, 6) is 2.47. The molecule has 0 aliphatic carbocycles. The highest BCUT2D eigenvalue weighted by Gasteiger charge is 2.08. The number of nitrogens with one attached hydrogen (secondary N) is 1. The molecule has 0 aliphatic heterocycles. The van der Waals surface area contributed by atoms with Gasteiger partial charge < -0.3 is 9.88 Å². The molecular formula is C22H22N6. The predicted molar refractivity (Wildman–Crippen MR) is 110 cm³/mol. The standard InChI is InChI=1S/C22H22N6/c1-2-19-14-20(27-22(26-19)18-8-10-23-11-9-18)25-15-21-24-12-13-28(21)16-17-6-4-3-5-7-17/h3-14H,2,15-16H2,1H3,(H,25,26,27). The molecule has 28 heavy (non-hydrogen) atoms. The molecule has 4 aromatic rings. The van der Waals surface area contributed by atoms with Crippen LogP contribution in [-0.2, 0) is 19.5 Å². The van der Waals surface area contributed by atoms with Crippen LogP contribution in [0, 0.1) is 0 Å². The third-order valence-corrected chi connectivity index (χ3v) is 4.51. The zero-order chi connectivity index (χ0) is 19.2. The van der Waals surface area contributed by atoms with Crippen LogP contribution in [0.2, 0.25) is 0 Å². The summed E-state index contributed by atoms with van der Waals surface area (Å²) >= 11 is 0. The van der Waals surface area contributed by atoms with E-state index in [9.17, 15) is 0 Å². The van der Waals surface area contributed by atoms with Crippen LogP contribution < -0.4 is 5.32 Å². The second kappa shape index (κ2) is 8.43. The van der Waals surface area contributed by atoms with Crippen LogP contribution in [0.15, 0.2) is 73.3 Å². The summed E-state index contributed by atoms with van der Waals surface area (Å²) in [6.07, 6.45) is 8.19. The molecule has 140 valence electrons. The van der Waals surface area contributed by atoms with Crippen molar-refractivity contribution in [2.24, 2.45) is 0 Å². The Hall–Kier alpha value is -3.54. The molecule has 4 rings (SSSR count). The summed E-state index contributed by atoms with van der Waals surface area (Å²) in [5.41, 5.74) is 3.20. The minimum atomic E-state index is 0.593. The largest absolute Gasteiger partial charge is 0.363 e. The van der Waals surface area contributed by atoms with E-state index in [4.69, 9.17) is 0 Å². The van der Waals surface area contributed by atoms with Gasteiger partial charge in [0, 0.05) is 48.7 Å². The van der Waals surface area contributed by atoms with Crippen molar-refractivity contribution in [3.63, 3.8) is 0 Å². The van der Waals surface area contributed by atoms with E-state index >= 15 is 0 Å². The van der Waals surface area contributed by atoms with Crippen molar-refractivity contribution in [2.75, 3.05) is 5.32 Å². The quantitative estimate of drug-likeness (QED) is 0.533. The van der Waals surface area contributed by atoms with Gasteiger partial charge in [0.2, 0.25) is 0 Å². The summed E-state index contributed by atoms with van der Waals surface area (Å²) in [6, 6.07) is 16.2. The van der Waals surface area contributed by atoms with Gasteiger partial charge in [-0.1, -0.05) is 37.3 Å². The summed E-state index contributed by atoms with van der Waals surface area (Å²) in [5, 5.41) is 3.41. The number of aromatic nitrogens is 5. The van der Waals surface area contributed by atoms with Gasteiger partial charge in [-0.05, 0) is 24.1 Å². The number of aryl methyl sites for hydroxylation is 1. The molecule has 3 aromatic heterocycles. The fourth-order valence-corrected chi connectivity index (χ4v) is 3.00. The van der Waals surface area contributed by atoms with Crippen LogP contribution >= 0.6 is 0 Å². The normalized spacial score (nSPS) is 10.8. The Kier molecular flexibility index (Phi) is 5.38. The van der Waals surface area contributed by atoms with Crippen molar-refractivity contribution < 1.29 is 0 Å². The van der Waals surface area contributed by atoms with Crippen LogP contribution in [0.5, 0.6) is 0 Å². The van der Waals surface area contributed by atoms with E-state index in [2.05, 4.69) is 61.0 Å². The Morgan fingerprint density at radius 3 is 2.57 bits per heavy atom. The number of imidazole rings is 1. The molecule has 0 fully saturated rings. The van der Waals surface area contributed by atoms with Gasteiger partial charge in [-0.15, -0.1) is 0 Å². The van der Waals surface area contributed by atoms with Crippen molar-refractivity contribution in [3.8, 4) is 11.4 Å². The van der Waals surface area contributed by atoms with Gasteiger partial charge >= 0.3 is 0 Å².